The van der Waals surface area contributed by atoms with Crippen LogP contribution in [0.5, 0.6) is 0 Å². The van der Waals surface area contributed by atoms with E-state index in [1.54, 1.807) is 6.26 Å². The first-order valence-electron chi connectivity index (χ1n) is 18.7. The third-order valence-corrected chi connectivity index (χ3v) is 8.62. The molecule has 9 heteroatoms. The van der Waals surface area contributed by atoms with Gasteiger partial charge in [0.25, 0.3) is 0 Å². The predicted octanol–water partition coefficient (Wildman–Crippen LogP) is 7.63. The lowest BCUT2D eigenvalue weighted by molar-refractivity contribution is 0.103. The molecule has 0 saturated carbocycles. The van der Waals surface area contributed by atoms with Crippen LogP contribution in [0.15, 0.2) is 88.1 Å². The number of para-hydroxylation sites is 2. The summed E-state index contributed by atoms with van der Waals surface area (Å²) in [5, 5.41) is 7.92. The van der Waals surface area contributed by atoms with Crippen molar-refractivity contribution >= 4 is 11.4 Å². The summed E-state index contributed by atoms with van der Waals surface area (Å²) in [6, 6.07) is 25.3. The van der Waals surface area contributed by atoms with Gasteiger partial charge in [0.1, 0.15) is 12.0 Å². The second-order valence-corrected chi connectivity index (χ2v) is 11.9. The monoisotopic (exact) mass is 674 g/mol. The molecule has 4 heterocycles. The van der Waals surface area contributed by atoms with Crippen LogP contribution in [0, 0.1) is 6.92 Å². The highest BCUT2D eigenvalue weighted by Gasteiger charge is 2.17. The Balaban J connectivity index is 0.000000241. The van der Waals surface area contributed by atoms with Crippen LogP contribution in [0.25, 0.3) is 0 Å². The Bertz CT molecular complexity index is 1300. The molecule has 0 radical (unpaired) electrons. The van der Waals surface area contributed by atoms with Crippen LogP contribution in [-0.4, -0.2) is 98.8 Å². The molecule has 2 saturated heterocycles. The fourth-order valence-corrected chi connectivity index (χ4v) is 5.93. The molecule has 6 rings (SSSR count). The summed E-state index contributed by atoms with van der Waals surface area (Å²) >= 11 is 0. The van der Waals surface area contributed by atoms with Gasteiger partial charge in [-0.25, -0.2) is 0 Å². The molecule has 270 valence electrons. The highest BCUT2D eigenvalue weighted by Crippen LogP contribution is 2.17. The average Bonchev–Trinajstić information content (AvgIpc) is 3.86. The molecule has 2 aliphatic heterocycles. The number of benzene rings is 2. The number of aryl methyl sites for hydroxylation is 2. The molecule has 0 atom stereocenters. The first-order chi connectivity index (χ1) is 24.2. The molecular weight excluding hydrogens is 612 g/mol. The summed E-state index contributed by atoms with van der Waals surface area (Å²) in [6.07, 6.45) is 7.27. The zero-order valence-corrected chi connectivity index (χ0v) is 30.9. The zero-order chi connectivity index (χ0) is 34.9. The molecule has 2 aromatic heterocycles. The van der Waals surface area contributed by atoms with Gasteiger partial charge in [-0.3, -0.25) is 9.80 Å². The van der Waals surface area contributed by atoms with Crippen molar-refractivity contribution in [3.63, 3.8) is 0 Å². The number of hydrogen-bond donors (Lipinski definition) is 0. The molecule has 0 aliphatic carbocycles. The summed E-state index contributed by atoms with van der Waals surface area (Å²) in [5.74, 6) is 0.858. The number of unbranched alkanes of at least 4 members (excludes halogenated alkanes) is 2. The van der Waals surface area contributed by atoms with E-state index in [9.17, 15) is 0 Å². The van der Waals surface area contributed by atoms with Gasteiger partial charge in [0.15, 0.2) is 0 Å². The molecule has 2 aliphatic rings. The minimum absolute atomic E-state index is 0.704. The van der Waals surface area contributed by atoms with Gasteiger partial charge in [-0.05, 0) is 57.0 Å². The Morgan fingerprint density at radius 1 is 0.592 bits per heavy atom. The van der Waals surface area contributed by atoms with Gasteiger partial charge in [-0.15, -0.1) is 0 Å². The molecule has 0 N–H and O–H groups in total. The van der Waals surface area contributed by atoms with Gasteiger partial charge < -0.3 is 23.6 Å². The predicted molar refractivity (Wildman–Crippen MR) is 203 cm³/mol. The SMILES string of the molecule is CC.CC.Cc1cc(CCOCCN2CCN(c3ccccc3)CC2)no1.c1ccc(N2CCN(CCCCCc3ccon3)CC2)cc1. The van der Waals surface area contributed by atoms with Crippen LogP contribution in [0.2, 0.25) is 0 Å². The van der Waals surface area contributed by atoms with Crippen LogP contribution in [-0.2, 0) is 17.6 Å². The van der Waals surface area contributed by atoms with Gasteiger partial charge in [0.2, 0.25) is 0 Å². The highest BCUT2D eigenvalue weighted by atomic mass is 16.5. The average molecular weight is 675 g/mol. The Morgan fingerprint density at radius 2 is 1.16 bits per heavy atom. The van der Waals surface area contributed by atoms with E-state index in [0.29, 0.717) is 6.61 Å². The minimum atomic E-state index is 0.704. The molecule has 2 aromatic carbocycles. The maximum atomic E-state index is 5.72. The highest BCUT2D eigenvalue weighted by molar-refractivity contribution is 5.47. The number of ether oxygens (including phenoxy) is 1. The van der Waals surface area contributed by atoms with E-state index in [4.69, 9.17) is 13.8 Å². The Labute approximate surface area is 296 Å². The number of piperazine rings is 2. The van der Waals surface area contributed by atoms with Crippen LogP contribution in [0.1, 0.15) is 64.1 Å². The van der Waals surface area contributed by atoms with Crippen molar-refractivity contribution in [2.24, 2.45) is 0 Å². The van der Waals surface area contributed by atoms with E-state index in [2.05, 4.69) is 90.6 Å². The van der Waals surface area contributed by atoms with E-state index >= 15 is 0 Å². The van der Waals surface area contributed by atoms with E-state index in [1.807, 2.05) is 46.8 Å². The maximum Gasteiger partial charge on any atom is 0.133 e. The Hall–Kier alpha value is -3.66. The molecular formula is C40H62N6O3. The summed E-state index contributed by atoms with van der Waals surface area (Å²) in [7, 11) is 0. The fraction of sp³-hybridized carbons (Fsp3) is 0.550. The summed E-state index contributed by atoms with van der Waals surface area (Å²) in [5.41, 5.74) is 4.73. The van der Waals surface area contributed by atoms with Gasteiger partial charge in [-0.1, -0.05) is 80.8 Å². The van der Waals surface area contributed by atoms with Crippen LogP contribution in [0.3, 0.4) is 0 Å². The van der Waals surface area contributed by atoms with E-state index in [1.165, 1.54) is 50.3 Å². The number of rotatable bonds is 14. The van der Waals surface area contributed by atoms with E-state index in [-0.39, 0.29) is 0 Å². The van der Waals surface area contributed by atoms with Crippen LogP contribution >= 0.6 is 0 Å². The molecule has 0 amide bonds. The Kier molecular flexibility index (Phi) is 19.9. The van der Waals surface area contributed by atoms with Crippen LogP contribution < -0.4 is 9.80 Å². The van der Waals surface area contributed by atoms with Crippen LogP contribution in [0.4, 0.5) is 11.4 Å². The van der Waals surface area contributed by atoms with Gasteiger partial charge >= 0.3 is 0 Å². The quantitative estimate of drug-likeness (QED) is 0.126. The van der Waals surface area contributed by atoms with Crippen molar-refractivity contribution in [1.82, 2.24) is 20.1 Å². The van der Waals surface area contributed by atoms with Crippen molar-refractivity contribution < 1.29 is 13.8 Å². The molecule has 0 unspecified atom stereocenters. The third kappa shape index (κ3) is 15.2. The van der Waals surface area contributed by atoms with Crippen molar-refractivity contribution in [2.45, 2.75) is 66.7 Å². The van der Waals surface area contributed by atoms with Crippen molar-refractivity contribution in [3.05, 3.63) is 96.2 Å². The van der Waals surface area contributed by atoms with Gasteiger partial charge in [-0.2, -0.15) is 0 Å². The standard InChI is InChI=1S/C18H25N3O2.C18H25N3O.2C2H6/c1-16-15-17(19-23-16)7-13-22-14-12-20-8-10-21(11-9-20)18-5-3-2-4-6-18;1-4-8-18(9-5-1)21-14-12-20(13-15-21)11-6-2-3-7-17-10-16-22-19-17;2*1-2/h2-6,15H,7-14H2,1H3;1,4-5,8-10,16H,2-3,6-7,11-15H2;2*1-2H3. The fourth-order valence-electron chi connectivity index (χ4n) is 5.93. The molecule has 4 aromatic rings. The molecule has 49 heavy (non-hydrogen) atoms. The maximum absolute atomic E-state index is 5.72. The van der Waals surface area contributed by atoms with Gasteiger partial charge in [0, 0.05) is 88.8 Å². The molecule has 0 spiro atoms. The van der Waals surface area contributed by atoms with E-state index in [0.717, 1.165) is 82.4 Å². The Morgan fingerprint density at radius 3 is 1.67 bits per heavy atom. The largest absolute Gasteiger partial charge is 0.380 e. The topological polar surface area (TPSA) is 74.2 Å². The smallest absolute Gasteiger partial charge is 0.133 e. The number of hydrogen-bond acceptors (Lipinski definition) is 9. The molecule has 2 fully saturated rings. The number of nitrogens with zero attached hydrogens (tertiary/aromatic N) is 6. The van der Waals surface area contributed by atoms with Crippen molar-refractivity contribution in [3.8, 4) is 0 Å². The van der Waals surface area contributed by atoms with Gasteiger partial charge in [0.05, 0.1) is 24.6 Å². The van der Waals surface area contributed by atoms with Crippen molar-refractivity contribution in [2.75, 3.05) is 88.5 Å². The lowest BCUT2D eigenvalue weighted by atomic mass is 10.1. The summed E-state index contributed by atoms with van der Waals surface area (Å²) in [6.45, 7) is 22.6. The van der Waals surface area contributed by atoms with E-state index < -0.39 is 0 Å². The second kappa shape index (κ2) is 24.5. The molecule has 9 nitrogen and oxygen atoms in total. The lowest BCUT2D eigenvalue weighted by Gasteiger charge is -2.36. The zero-order valence-electron chi connectivity index (χ0n) is 30.9. The second-order valence-electron chi connectivity index (χ2n) is 11.9. The van der Waals surface area contributed by atoms with Crippen molar-refractivity contribution in [1.29, 1.82) is 0 Å². The normalized spacial score (nSPS) is 15.0. The number of anilines is 2. The molecule has 0 bridgehead atoms. The first-order valence-corrected chi connectivity index (χ1v) is 18.7. The summed E-state index contributed by atoms with van der Waals surface area (Å²) < 4.78 is 15.6. The lowest BCUT2D eigenvalue weighted by Crippen LogP contribution is -2.47. The minimum Gasteiger partial charge on any atom is -0.380 e. The third-order valence-electron chi connectivity index (χ3n) is 8.62. The summed E-state index contributed by atoms with van der Waals surface area (Å²) in [4.78, 5) is 10.0. The first kappa shape index (κ1) is 39.8. The number of aromatic nitrogens is 2.